The summed E-state index contributed by atoms with van der Waals surface area (Å²) in [5, 5.41) is 4.02. The number of benzene rings is 2. The molecule has 0 radical (unpaired) electrons. The Morgan fingerprint density at radius 1 is 0.867 bits per heavy atom. The number of carbonyl (C=O) groups is 1. The van der Waals surface area contributed by atoms with Gasteiger partial charge in [-0.05, 0) is 64.3 Å². The third-order valence-electron chi connectivity index (χ3n) is 5.25. The quantitative estimate of drug-likeness (QED) is 0.494. The van der Waals surface area contributed by atoms with Gasteiger partial charge >= 0.3 is 0 Å². The number of nitrogens with zero attached hydrogens (tertiary/aromatic N) is 3. The topological polar surface area (TPSA) is 48.5 Å². The third-order valence-corrected chi connectivity index (χ3v) is 5.25. The van der Waals surface area contributed by atoms with E-state index in [1.807, 2.05) is 30.3 Å². The molecule has 0 saturated heterocycles. The van der Waals surface area contributed by atoms with E-state index >= 15 is 0 Å². The van der Waals surface area contributed by atoms with Gasteiger partial charge in [-0.2, -0.15) is 0 Å². The molecule has 1 aromatic heterocycles. The first kappa shape index (κ1) is 21.9. The van der Waals surface area contributed by atoms with Gasteiger partial charge in [0.1, 0.15) is 0 Å². The van der Waals surface area contributed by atoms with Crippen molar-refractivity contribution in [2.45, 2.75) is 19.4 Å². The van der Waals surface area contributed by atoms with E-state index in [1.54, 1.807) is 6.20 Å². The molecular weight excluding hydrogens is 372 g/mol. The molecule has 0 aliphatic carbocycles. The van der Waals surface area contributed by atoms with Crippen LogP contribution in [0.5, 0.6) is 0 Å². The maximum absolute atomic E-state index is 12.5. The van der Waals surface area contributed by atoms with Crippen LogP contribution in [0.4, 0.5) is 0 Å². The molecule has 3 aromatic rings. The van der Waals surface area contributed by atoms with E-state index in [-0.39, 0.29) is 5.91 Å². The molecule has 0 saturated carbocycles. The van der Waals surface area contributed by atoms with E-state index in [4.69, 9.17) is 0 Å². The number of fused-ring (bicyclic) bond motifs is 1. The van der Waals surface area contributed by atoms with Crippen molar-refractivity contribution in [2.75, 3.05) is 40.3 Å². The van der Waals surface area contributed by atoms with Gasteiger partial charge in [0, 0.05) is 24.7 Å². The van der Waals surface area contributed by atoms with Crippen molar-refractivity contribution in [2.24, 2.45) is 0 Å². The van der Waals surface area contributed by atoms with E-state index in [1.165, 1.54) is 5.56 Å². The Kier molecular flexibility index (Phi) is 8.36. The fourth-order valence-corrected chi connectivity index (χ4v) is 3.63. The Morgan fingerprint density at radius 2 is 1.60 bits per heavy atom. The molecule has 1 heterocycles. The van der Waals surface area contributed by atoms with Crippen LogP contribution < -0.4 is 5.32 Å². The van der Waals surface area contributed by atoms with Gasteiger partial charge in [0.2, 0.25) is 0 Å². The molecule has 5 nitrogen and oxygen atoms in total. The first-order chi connectivity index (χ1) is 14.6. The fourth-order valence-electron chi connectivity index (χ4n) is 3.63. The molecule has 1 N–H and O–H groups in total. The van der Waals surface area contributed by atoms with Gasteiger partial charge in [0.05, 0.1) is 11.1 Å². The number of hydrogen-bond acceptors (Lipinski definition) is 4. The molecule has 158 valence electrons. The molecule has 0 atom stereocenters. The standard InChI is InChI=1S/C25H32N4O/c1-28(18-9-19-29(2)20-21-10-4-3-5-11-21)17-8-16-27-25(30)23-14-6-12-22-13-7-15-26-24(22)23/h3-7,10-15H,8-9,16-20H2,1-2H3,(H,27,30). The number of carbonyl (C=O) groups excluding carboxylic acids is 1. The zero-order chi connectivity index (χ0) is 21.2. The van der Waals surface area contributed by atoms with Gasteiger partial charge in [-0.15, -0.1) is 0 Å². The van der Waals surface area contributed by atoms with Crippen molar-refractivity contribution >= 4 is 16.8 Å². The van der Waals surface area contributed by atoms with E-state index in [2.05, 4.69) is 64.5 Å². The smallest absolute Gasteiger partial charge is 0.253 e. The van der Waals surface area contributed by atoms with Gasteiger partial charge in [-0.1, -0.05) is 48.5 Å². The Morgan fingerprint density at radius 3 is 2.43 bits per heavy atom. The number of amides is 1. The van der Waals surface area contributed by atoms with Gasteiger partial charge in [-0.3, -0.25) is 9.78 Å². The number of pyridine rings is 1. The van der Waals surface area contributed by atoms with Crippen LogP contribution in [0.25, 0.3) is 10.9 Å². The summed E-state index contributed by atoms with van der Waals surface area (Å²) < 4.78 is 0. The molecule has 0 bridgehead atoms. The van der Waals surface area contributed by atoms with Crippen LogP contribution in [0.1, 0.15) is 28.8 Å². The predicted molar refractivity (Wildman–Crippen MR) is 124 cm³/mol. The number of rotatable bonds is 11. The van der Waals surface area contributed by atoms with Crippen LogP contribution in [0, 0.1) is 0 Å². The van der Waals surface area contributed by atoms with Crippen LogP contribution in [0.3, 0.4) is 0 Å². The second-order valence-electron chi connectivity index (χ2n) is 7.87. The van der Waals surface area contributed by atoms with Crippen molar-refractivity contribution < 1.29 is 4.79 Å². The molecule has 1 amide bonds. The molecule has 2 aromatic carbocycles. The average molecular weight is 405 g/mol. The highest BCUT2D eigenvalue weighted by Gasteiger charge is 2.10. The molecule has 0 spiro atoms. The molecule has 30 heavy (non-hydrogen) atoms. The van der Waals surface area contributed by atoms with Crippen molar-refractivity contribution in [3.8, 4) is 0 Å². The lowest BCUT2D eigenvalue weighted by Crippen LogP contribution is -2.30. The lowest BCUT2D eigenvalue weighted by atomic mass is 10.1. The van der Waals surface area contributed by atoms with Crippen LogP contribution >= 0.6 is 0 Å². The molecular formula is C25H32N4O. The SMILES string of the molecule is CN(CCCNC(=O)c1cccc2cccnc12)CCCN(C)Cc1ccccc1. The lowest BCUT2D eigenvalue weighted by Gasteiger charge is -2.20. The Hall–Kier alpha value is -2.76. The van der Waals surface area contributed by atoms with Crippen LogP contribution in [-0.2, 0) is 6.54 Å². The minimum atomic E-state index is -0.0514. The van der Waals surface area contributed by atoms with E-state index < -0.39 is 0 Å². The predicted octanol–water partition coefficient (Wildman–Crippen LogP) is 3.81. The third kappa shape index (κ3) is 6.65. The lowest BCUT2D eigenvalue weighted by molar-refractivity contribution is 0.0953. The van der Waals surface area contributed by atoms with E-state index in [9.17, 15) is 4.79 Å². The molecule has 0 fully saturated rings. The Labute approximate surface area is 179 Å². The second kappa shape index (κ2) is 11.4. The summed E-state index contributed by atoms with van der Waals surface area (Å²) in [5.74, 6) is -0.0514. The van der Waals surface area contributed by atoms with Gasteiger partial charge in [-0.25, -0.2) is 0 Å². The summed E-state index contributed by atoms with van der Waals surface area (Å²) >= 11 is 0. The summed E-state index contributed by atoms with van der Waals surface area (Å²) in [4.78, 5) is 21.6. The number of para-hydroxylation sites is 1. The monoisotopic (exact) mass is 404 g/mol. The first-order valence-corrected chi connectivity index (χ1v) is 10.7. The first-order valence-electron chi connectivity index (χ1n) is 10.7. The van der Waals surface area contributed by atoms with Crippen molar-refractivity contribution in [1.29, 1.82) is 0 Å². The minimum Gasteiger partial charge on any atom is -0.352 e. The summed E-state index contributed by atoms with van der Waals surface area (Å²) in [6.45, 7) is 4.75. The Balaban J connectivity index is 1.32. The van der Waals surface area contributed by atoms with Crippen molar-refractivity contribution in [3.05, 3.63) is 78.0 Å². The molecule has 3 rings (SSSR count). The second-order valence-corrected chi connectivity index (χ2v) is 7.87. The normalized spacial score (nSPS) is 11.3. The molecule has 0 unspecified atom stereocenters. The van der Waals surface area contributed by atoms with Crippen molar-refractivity contribution in [1.82, 2.24) is 20.1 Å². The summed E-state index contributed by atoms with van der Waals surface area (Å²) in [7, 11) is 4.32. The highest BCUT2D eigenvalue weighted by atomic mass is 16.1. The molecule has 0 aliphatic rings. The summed E-state index contributed by atoms with van der Waals surface area (Å²) in [6, 6.07) is 20.2. The zero-order valence-corrected chi connectivity index (χ0v) is 18.1. The maximum Gasteiger partial charge on any atom is 0.253 e. The number of aromatic nitrogens is 1. The zero-order valence-electron chi connectivity index (χ0n) is 18.1. The van der Waals surface area contributed by atoms with Gasteiger partial charge in [0.15, 0.2) is 0 Å². The summed E-state index contributed by atoms with van der Waals surface area (Å²) in [6.07, 6.45) is 3.79. The van der Waals surface area contributed by atoms with Gasteiger partial charge < -0.3 is 15.1 Å². The van der Waals surface area contributed by atoms with Crippen LogP contribution in [-0.4, -0.2) is 61.0 Å². The largest absolute Gasteiger partial charge is 0.352 e. The Bertz CT molecular complexity index is 923. The fraction of sp³-hybridized carbons (Fsp3) is 0.360. The molecule has 5 heteroatoms. The van der Waals surface area contributed by atoms with Crippen LogP contribution in [0.15, 0.2) is 66.9 Å². The van der Waals surface area contributed by atoms with E-state index in [0.717, 1.165) is 49.9 Å². The maximum atomic E-state index is 12.5. The number of hydrogen-bond donors (Lipinski definition) is 1. The van der Waals surface area contributed by atoms with E-state index in [0.29, 0.717) is 12.1 Å². The van der Waals surface area contributed by atoms with Crippen molar-refractivity contribution in [3.63, 3.8) is 0 Å². The number of nitrogens with one attached hydrogen (secondary N) is 1. The minimum absolute atomic E-state index is 0.0514. The highest BCUT2D eigenvalue weighted by molar-refractivity contribution is 6.05. The molecule has 0 aliphatic heterocycles. The summed E-state index contributed by atoms with van der Waals surface area (Å²) in [5.41, 5.74) is 2.75. The average Bonchev–Trinajstić information content (AvgIpc) is 2.77. The highest BCUT2D eigenvalue weighted by Crippen LogP contribution is 2.15. The van der Waals surface area contributed by atoms with Gasteiger partial charge in [0.25, 0.3) is 5.91 Å². The van der Waals surface area contributed by atoms with Crippen LogP contribution in [0.2, 0.25) is 0 Å².